The third kappa shape index (κ3) is 4.02. The average molecular weight is 415 g/mol. The Bertz CT molecular complexity index is 1120. The summed E-state index contributed by atoms with van der Waals surface area (Å²) in [4.78, 5) is 28.4. The summed E-state index contributed by atoms with van der Waals surface area (Å²) in [6.45, 7) is -0.142. The summed E-state index contributed by atoms with van der Waals surface area (Å²) in [5.41, 5.74) is 1.10. The largest absolute Gasteiger partial charge is 0.483 e. The number of fused-ring (bicyclic) bond motifs is 2. The fraction of sp³-hybridized carbons (Fsp3) is 0.150. The van der Waals surface area contributed by atoms with E-state index in [-0.39, 0.29) is 19.1 Å². The summed E-state index contributed by atoms with van der Waals surface area (Å²) in [5, 5.41) is 3.76. The number of carbonyl (C=O) groups excluding carboxylic acids is 2. The summed E-state index contributed by atoms with van der Waals surface area (Å²) < 4.78 is 20.9. The number of nitrogens with one attached hydrogen (secondary N) is 1. The van der Waals surface area contributed by atoms with Gasteiger partial charge in [-0.2, -0.15) is 0 Å². The molecule has 9 heteroatoms. The molecule has 0 bridgehead atoms. The van der Waals surface area contributed by atoms with Crippen LogP contribution in [-0.2, 0) is 9.53 Å². The number of esters is 1. The highest BCUT2D eigenvalue weighted by molar-refractivity contribution is 6.31. The highest BCUT2D eigenvalue weighted by atomic mass is 35.5. The number of aromatic nitrogens is 1. The molecule has 2 aromatic carbocycles. The molecule has 0 aliphatic carbocycles. The highest BCUT2D eigenvalue weighted by Crippen LogP contribution is 2.34. The maximum absolute atomic E-state index is 12.3. The van der Waals surface area contributed by atoms with Gasteiger partial charge in [0, 0.05) is 28.2 Å². The second kappa shape index (κ2) is 7.84. The molecule has 0 radical (unpaired) electrons. The number of pyridine rings is 1. The molecule has 0 saturated carbocycles. The number of methoxy groups -OCH3 is 1. The van der Waals surface area contributed by atoms with Crippen molar-refractivity contribution in [3.05, 3.63) is 53.2 Å². The molecule has 0 unspecified atom stereocenters. The van der Waals surface area contributed by atoms with Crippen molar-refractivity contribution in [2.24, 2.45) is 0 Å². The number of rotatable bonds is 5. The molecule has 4 rings (SSSR count). The van der Waals surface area contributed by atoms with Crippen molar-refractivity contribution < 1.29 is 28.5 Å². The van der Waals surface area contributed by atoms with Crippen LogP contribution in [0, 0.1) is 0 Å². The van der Waals surface area contributed by atoms with Crippen molar-refractivity contribution in [3.63, 3.8) is 0 Å². The minimum atomic E-state index is -0.614. The Morgan fingerprint density at radius 1 is 1.14 bits per heavy atom. The van der Waals surface area contributed by atoms with Gasteiger partial charge in [0.15, 0.2) is 23.8 Å². The second-order valence-electron chi connectivity index (χ2n) is 6.06. The minimum absolute atomic E-state index is 0.0634. The number of carbonyl (C=O) groups is 2. The summed E-state index contributed by atoms with van der Waals surface area (Å²) in [5.74, 6) is 0.460. The number of hydrogen-bond acceptors (Lipinski definition) is 7. The summed E-state index contributed by atoms with van der Waals surface area (Å²) in [6.07, 6.45) is 0. The molecular formula is C20H15ClN2O6. The lowest BCUT2D eigenvalue weighted by molar-refractivity contribution is -0.118. The Labute approximate surface area is 170 Å². The molecule has 1 amide bonds. The van der Waals surface area contributed by atoms with E-state index in [0.717, 1.165) is 0 Å². The topological polar surface area (TPSA) is 96.0 Å². The van der Waals surface area contributed by atoms with Gasteiger partial charge in [-0.05, 0) is 30.3 Å². The van der Waals surface area contributed by atoms with Crippen molar-refractivity contribution in [2.75, 3.05) is 25.8 Å². The van der Waals surface area contributed by atoms with E-state index < -0.39 is 11.9 Å². The highest BCUT2D eigenvalue weighted by Gasteiger charge is 2.16. The van der Waals surface area contributed by atoms with Crippen molar-refractivity contribution in [1.82, 2.24) is 4.98 Å². The standard InChI is InChI=1S/C20H15ClN2O6/c1-26-20(25)15-8-17(13-6-11(21)2-4-14(13)23-15)27-9-19(24)22-12-3-5-16-18(7-12)29-10-28-16/h2-8H,9-10H2,1H3,(H,22,24). The molecule has 8 nitrogen and oxygen atoms in total. The Balaban J connectivity index is 1.53. The Kier molecular flexibility index (Phi) is 5.09. The molecule has 29 heavy (non-hydrogen) atoms. The molecule has 1 aromatic heterocycles. The third-order valence-corrected chi connectivity index (χ3v) is 4.38. The molecule has 0 atom stereocenters. The van der Waals surface area contributed by atoms with E-state index >= 15 is 0 Å². The zero-order valence-electron chi connectivity index (χ0n) is 15.2. The smallest absolute Gasteiger partial charge is 0.356 e. The molecule has 0 spiro atoms. The quantitative estimate of drug-likeness (QED) is 0.639. The molecule has 2 heterocycles. The monoisotopic (exact) mass is 414 g/mol. The van der Waals surface area contributed by atoms with Crippen molar-refractivity contribution in [1.29, 1.82) is 0 Å². The Morgan fingerprint density at radius 3 is 2.79 bits per heavy atom. The predicted octanol–water partition coefficient (Wildman–Crippen LogP) is 3.42. The molecule has 3 aromatic rings. The first-order valence-electron chi connectivity index (χ1n) is 8.54. The second-order valence-corrected chi connectivity index (χ2v) is 6.50. The first kappa shape index (κ1) is 18.8. The number of nitrogens with zero attached hydrogens (tertiary/aromatic N) is 1. The van der Waals surface area contributed by atoms with Crippen molar-refractivity contribution in [3.8, 4) is 17.2 Å². The number of benzene rings is 2. The zero-order chi connectivity index (χ0) is 20.4. The van der Waals surface area contributed by atoms with Gasteiger partial charge in [0.1, 0.15) is 5.75 Å². The molecule has 0 saturated heterocycles. The van der Waals surface area contributed by atoms with Crippen LogP contribution < -0.4 is 19.5 Å². The number of halogens is 1. The van der Waals surface area contributed by atoms with Gasteiger partial charge in [-0.25, -0.2) is 9.78 Å². The van der Waals surface area contributed by atoms with Gasteiger partial charge in [0.05, 0.1) is 12.6 Å². The molecule has 1 N–H and O–H groups in total. The summed E-state index contributed by atoms with van der Waals surface area (Å²) in [6, 6.07) is 11.4. The number of amides is 1. The van der Waals surface area contributed by atoms with Crippen LogP contribution in [0.1, 0.15) is 10.5 Å². The third-order valence-electron chi connectivity index (χ3n) is 4.14. The summed E-state index contributed by atoms with van der Waals surface area (Å²) in [7, 11) is 1.26. The van der Waals surface area contributed by atoms with Crippen molar-refractivity contribution >= 4 is 40.1 Å². The van der Waals surface area contributed by atoms with E-state index in [4.69, 9.17) is 30.5 Å². The van der Waals surface area contributed by atoms with E-state index in [0.29, 0.717) is 38.9 Å². The molecule has 1 aliphatic rings. The van der Waals surface area contributed by atoms with E-state index in [2.05, 4.69) is 10.3 Å². The van der Waals surface area contributed by atoms with Crippen LogP contribution in [0.2, 0.25) is 5.02 Å². The molecule has 148 valence electrons. The van der Waals surface area contributed by atoms with E-state index in [9.17, 15) is 9.59 Å². The maximum Gasteiger partial charge on any atom is 0.356 e. The zero-order valence-corrected chi connectivity index (χ0v) is 16.0. The first-order chi connectivity index (χ1) is 14.0. The normalized spacial score (nSPS) is 11.9. The maximum atomic E-state index is 12.3. The number of anilines is 1. The van der Waals surface area contributed by atoms with Crippen LogP contribution in [0.3, 0.4) is 0 Å². The van der Waals surface area contributed by atoms with Gasteiger partial charge in [-0.3, -0.25) is 4.79 Å². The molecular weight excluding hydrogens is 400 g/mol. The first-order valence-corrected chi connectivity index (χ1v) is 8.92. The van der Waals surface area contributed by atoms with E-state index in [1.165, 1.54) is 13.2 Å². The van der Waals surface area contributed by atoms with Gasteiger partial charge < -0.3 is 24.3 Å². The number of hydrogen-bond donors (Lipinski definition) is 1. The van der Waals surface area contributed by atoms with Gasteiger partial charge >= 0.3 is 5.97 Å². The Hall–Kier alpha value is -3.52. The lowest BCUT2D eigenvalue weighted by atomic mass is 10.2. The average Bonchev–Trinajstić information content (AvgIpc) is 3.19. The summed E-state index contributed by atoms with van der Waals surface area (Å²) >= 11 is 6.06. The molecule has 1 aliphatic heterocycles. The fourth-order valence-electron chi connectivity index (χ4n) is 2.81. The fourth-order valence-corrected chi connectivity index (χ4v) is 2.98. The predicted molar refractivity (Wildman–Crippen MR) is 105 cm³/mol. The van der Waals surface area contributed by atoms with Gasteiger partial charge in [-0.15, -0.1) is 0 Å². The van der Waals surface area contributed by atoms with E-state index in [1.54, 1.807) is 36.4 Å². The van der Waals surface area contributed by atoms with Crippen LogP contribution in [0.15, 0.2) is 42.5 Å². The van der Waals surface area contributed by atoms with Crippen LogP contribution in [0.4, 0.5) is 5.69 Å². The minimum Gasteiger partial charge on any atom is -0.483 e. The lowest BCUT2D eigenvalue weighted by Crippen LogP contribution is -2.20. The van der Waals surface area contributed by atoms with E-state index in [1.807, 2.05) is 0 Å². The SMILES string of the molecule is COC(=O)c1cc(OCC(=O)Nc2ccc3c(c2)OCO3)c2cc(Cl)ccc2n1. The van der Waals surface area contributed by atoms with Gasteiger partial charge in [0.25, 0.3) is 5.91 Å². The van der Waals surface area contributed by atoms with Gasteiger partial charge in [-0.1, -0.05) is 11.6 Å². The van der Waals surface area contributed by atoms with Crippen LogP contribution in [-0.4, -0.2) is 37.4 Å². The Morgan fingerprint density at radius 2 is 1.97 bits per heavy atom. The molecule has 0 fully saturated rings. The van der Waals surface area contributed by atoms with Gasteiger partial charge in [0.2, 0.25) is 6.79 Å². The van der Waals surface area contributed by atoms with Crippen LogP contribution in [0.25, 0.3) is 10.9 Å². The van der Waals surface area contributed by atoms with Crippen molar-refractivity contribution in [2.45, 2.75) is 0 Å². The van der Waals surface area contributed by atoms with Crippen LogP contribution >= 0.6 is 11.6 Å². The number of ether oxygens (including phenoxy) is 4. The lowest BCUT2D eigenvalue weighted by Gasteiger charge is -2.11. The van der Waals surface area contributed by atoms with Crippen LogP contribution in [0.5, 0.6) is 17.2 Å².